The molecule has 1 heterocycles. The third-order valence-corrected chi connectivity index (χ3v) is 3.47. The van der Waals surface area contributed by atoms with Gasteiger partial charge in [-0.25, -0.2) is 0 Å². The SMILES string of the molecule is CN1CCN(C(=O)/C=C/c2ccccc2Cl)CC1. The summed E-state index contributed by atoms with van der Waals surface area (Å²) >= 11 is 6.03. The summed E-state index contributed by atoms with van der Waals surface area (Å²) in [5.41, 5.74) is 0.877. The van der Waals surface area contributed by atoms with Crippen LogP contribution in [0.3, 0.4) is 0 Å². The van der Waals surface area contributed by atoms with Crippen LogP contribution < -0.4 is 0 Å². The number of hydrogen-bond donors (Lipinski definition) is 0. The Balaban J connectivity index is 1.97. The molecule has 0 atom stereocenters. The van der Waals surface area contributed by atoms with Crippen LogP contribution in [0.4, 0.5) is 0 Å². The predicted molar refractivity (Wildman–Crippen MR) is 74.6 cm³/mol. The van der Waals surface area contributed by atoms with Crippen LogP contribution in [0.15, 0.2) is 30.3 Å². The Kier molecular flexibility index (Phi) is 4.39. The summed E-state index contributed by atoms with van der Waals surface area (Å²) in [4.78, 5) is 16.1. The van der Waals surface area contributed by atoms with Gasteiger partial charge in [0.1, 0.15) is 0 Å². The van der Waals surface area contributed by atoms with Crippen molar-refractivity contribution >= 4 is 23.6 Å². The van der Waals surface area contributed by atoms with Gasteiger partial charge in [-0.3, -0.25) is 4.79 Å². The van der Waals surface area contributed by atoms with Crippen molar-refractivity contribution in [1.82, 2.24) is 9.80 Å². The first-order valence-electron chi connectivity index (χ1n) is 6.07. The minimum absolute atomic E-state index is 0.0584. The summed E-state index contributed by atoms with van der Waals surface area (Å²) < 4.78 is 0. The maximum atomic E-state index is 12.0. The van der Waals surface area contributed by atoms with Crippen molar-refractivity contribution in [2.24, 2.45) is 0 Å². The molecule has 0 aliphatic carbocycles. The lowest BCUT2D eigenvalue weighted by Gasteiger charge is -2.31. The van der Waals surface area contributed by atoms with Gasteiger partial charge in [-0.1, -0.05) is 29.8 Å². The Hall–Kier alpha value is -1.32. The number of carbonyl (C=O) groups is 1. The van der Waals surface area contributed by atoms with E-state index in [1.54, 1.807) is 12.2 Å². The van der Waals surface area contributed by atoms with Crippen LogP contribution >= 0.6 is 11.6 Å². The Morgan fingerprint density at radius 3 is 2.56 bits per heavy atom. The van der Waals surface area contributed by atoms with E-state index in [4.69, 9.17) is 11.6 Å². The number of amides is 1. The molecule has 1 aromatic carbocycles. The number of hydrogen-bond acceptors (Lipinski definition) is 2. The molecule has 1 aromatic rings. The standard InChI is InChI=1S/C14H17ClN2O/c1-16-8-10-17(11-9-16)14(18)7-6-12-4-2-3-5-13(12)15/h2-7H,8-11H2,1H3/b7-6+. The molecule has 4 heteroatoms. The highest BCUT2D eigenvalue weighted by atomic mass is 35.5. The Bertz CT molecular complexity index is 451. The van der Waals surface area contributed by atoms with Gasteiger partial charge in [0.05, 0.1) is 0 Å². The van der Waals surface area contributed by atoms with Gasteiger partial charge in [0.2, 0.25) is 5.91 Å². The Morgan fingerprint density at radius 2 is 1.89 bits per heavy atom. The highest BCUT2D eigenvalue weighted by molar-refractivity contribution is 6.32. The van der Waals surface area contributed by atoms with Crippen molar-refractivity contribution in [3.63, 3.8) is 0 Å². The van der Waals surface area contributed by atoms with Crippen molar-refractivity contribution in [3.8, 4) is 0 Å². The van der Waals surface area contributed by atoms with E-state index in [-0.39, 0.29) is 5.91 Å². The minimum atomic E-state index is 0.0584. The third kappa shape index (κ3) is 3.34. The number of carbonyl (C=O) groups excluding carboxylic acids is 1. The molecule has 1 aliphatic rings. The second kappa shape index (κ2) is 6.03. The van der Waals surface area contributed by atoms with Crippen LogP contribution in [0.5, 0.6) is 0 Å². The smallest absolute Gasteiger partial charge is 0.246 e. The summed E-state index contributed by atoms with van der Waals surface area (Å²) in [5.74, 6) is 0.0584. The first-order valence-corrected chi connectivity index (χ1v) is 6.44. The summed E-state index contributed by atoms with van der Waals surface area (Å²) in [5, 5.41) is 0.667. The van der Waals surface area contributed by atoms with Crippen LogP contribution in [0.25, 0.3) is 6.08 Å². The van der Waals surface area contributed by atoms with Gasteiger partial charge in [0, 0.05) is 37.3 Å². The number of piperazine rings is 1. The molecule has 18 heavy (non-hydrogen) atoms. The fraction of sp³-hybridized carbons (Fsp3) is 0.357. The number of nitrogens with zero attached hydrogens (tertiary/aromatic N) is 2. The lowest BCUT2D eigenvalue weighted by Crippen LogP contribution is -2.46. The van der Waals surface area contributed by atoms with E-state index in [9.17, 15) is 4.79 Å². The molecule has 1 amide bonds. The molecule has 1 saturated heterocycles. The van der Waals surface area contributed by atoms with Crippen LogP contribution in [-0.4, -0.2) is 48.9 Å². The van der Waals surface area contributed by atoms with E-state index >= 15 is 0 Å². The largest absolute Gasteiger partial charge is 0.337 e. The fourth-order valence-electron chi connectivity index (χ4n) is 1.90. The molecule has 0 saturated carbocycles. The maximum absolute atomic E-state index is 12.0. The van der Waals surface area contributed by atoms with Crippen molar-refractivity contribution in [2.45, 2.75) is 0 Å². The first-order chi connectivity index (χ1) is 8.66. The number of rotatable bonds is 2. The third-order valence-electron chi connectivity index (χ3n) is 3.13. The van der Waals surface area contributed by atoms with E-state index in [0.717, 1.165) is 31.7 Å². The molecule has 96 valence electrons. The predicted octanol–water partition coefficient (Wildman–Crippen LogP) is 2.13. The van der Waals surface area contributed by atoms with Gasteiger partial charge in [-0.05, 0) is 24.8 Å². The zero-order valence-corrected chi connectivity index (χ0v) is 11.2. The molecule has 0 N–H and O–H groups in total. The zero-order chi connectivity index (χ0) is 13.0. The molecule has 0 radical (unpaired) electrons. The van der Waals surface area contributed by atoms with Gasteiger partial charge >= 0.3 is 0 Å². The molecule has 0 bridgehead atoms. The van der Waals surface area contributed by atoms with Gasteiger partial charge in [0.25, 0.3) is 0 Å². The average molecular weight is 265 g/mol. The maximum Gasteiger partial charge on any atom is 0.246 e. The summed E-state index contributed by atoms with van der Waals surface area (Å²) in [7, 11) is 2.07. The highest BCUT2D eigenvalue weighted by Crippen LogP contribution is 2.16. The molecule has 1 fully saturated rings. The highest BCUT2D eigenvalue weighted by Gasteiger charge is 2.16. The monoisotopic (exact) mass is 264 g/mol. The van der Waals surface area contributed by atoms with Gasteiger partial charge in [-0.15, -0.1) is 0 Å². The summed E-state index contributed by atoms with van der Waals surface area (Å²) in [6.45, 7) is 3.46. The molecule has 3 nitrogen and oxygen atoms in total. The van der Waals surface area contributed by atoms with E-state index in [1.807, 2.05) is 29.2 Å². The summed E-state index contributed by atoms with van der Waals surface area (Å²) in [6, 6.07) is 7.51. The van der Waals surface area contributed by atoms with Crippen LogP contribution in [0, 0.1) is 0 Å². The molecule has 1 aliphatic heterocycles. The van der Waals surface area contributed by atoms with Crippen LogP contribution in [0.2, 0.25) is 5.02 Å². The lowest BCUT2D eigenvalue weighted by atomic mass is 10.2. The van der Waals surface area contributed by atoms with Gasteiger partial charge in [-0.2, -0.15) is 0 Å². The molecule has 0 aromatic heterocycles. The van der Waals surface area contributed by atoms with E-state index in [2.05, 4.69) is 11.9 Å². The molecule has 2 rings (SSSR count). The average Bonchev–Trinajstić information content (AvgIpc) is 2.38. The molecular formula is C14H17ClN2O. The Labute approximate surface area is 113 Å². The van der Waals surface area contributed by atoms with Crippen molar-refractivity contribution in [3.05, 3.63) is 40.9 Å². The molecular weight excluding hydrogens is 248 g/mol. The minimum Gasteiger partial charge on any atom is -0.337 e. The fourth-order valence-corrected chi connectivity index (χ4v) is 2.10. The number of likely N-dealkylation sites (N-methyl/N-ethyl adjacent to an activating group) is 1. The van der Waals surface area contributed by atoms with E-state index in [0.29, 0.717) is 5.02 Å². The van der Waals surface area contributed by atoms with Crippen LogP contribution in [0.1, 0.15) is 5.56 Å². The van der Waals surface area contributed by atoms with Crippen molar-refractivity contribution < 1.29 is 4.79 Å². The topological polar surface area (TPSA) is 23.6 Å². The van der Waals surface area contributed by atoms with Crippen molar-refractivity contribution in [2.75, 3.05) is 33.2 Å². The zero-order valence-electron chi connectivity index (χ0n) is 10.5. The lowest BCUT2D eigenvalue weighted by molar-refractivity contribution is -0.127. The summed E-state index contributed by atoms with van der Waals surface area (Å²) in [6.07, 6.45) is 3.38. The van der Waals surface area contributed by atoms with Crippen LogP contribution in [-0.2, 0) is 4.79 Å². The van der Waals surface area contributed by atoms with E-state index in [1.165, 1.54) is 0 Å². The molecule has 0 spiro atoms. The molecule has 0 unspecified atom stereocenters. The Morgan fingerprint density at radius 1 is 1.22 bits per heavy atom. The second-order valence-electron chi connectivity index (χ2n) is 4.48. The number of halogens is 1. The normalized spacial score (nSPS) is 17.3. The quantitative estimate of drug-likeness (QED) is 0.764. The van der Waals surface area contributed by atoms with E-state index < -0.39 is 0 Å². The van der Waals surface area contributed by atoms with Gasteiger partial charge < -0.3 is 9.80 Å². The second-order valence-corrected chi connectivity index (χ2v) is 4.89. The number of benzene rings is 1. The van der Waals surface area contributed by atoms with Gasteiger partial charge in [0.15, 0.2) is 0 Å². The van der Waals surface area contributed by atoms with Crippen molar-refractivity contribution in [1.29, 1.82) is 0 Å². The first kappa shape index (κ1) is 13.1.